The first-order valence-electron chi connectivity index (χ1n) is 10.6. The van der Waals surface area contributed by atoms with Gasteiger partial charge in [-0.15, -0.1) is 0 Å². The molecule has 0 atom stereocenters. The molecule has 0 aromatic heterocycles. The number of hydrogen-bond donors (Lipinski definition) is 0. The van der Waals surface area contributed by atoms with E-state index in [0.717, 1.165) is 43.8 Å². The van der Waals surface area contributed by atoms with E-state index in [-0.39, 0.29) is 12.0 Å². The number of amides is 2. The van der Waals surface area contributed by atoms with Crippen LogP contribution in [0.25, 0.3) is 0 Å². The van der Waals surface area contributed by atoms with Gasteiger partial charge in [-0.2, -0.15) is 0 Å². The van der Waals surface area contributed by atoms with Gasteiger partial charge in [0, 0.05) is 38.4 Å². The monoisotopic (exact) mass is 403 g/mol. The van der Waals surface area contributed by atoms with Crippen molar-refractivity contribution in [2.75, 3.05) is 57.9 Å². The molecule has 1 aromatic carbocycles. The second-order valence-corrected chi connectivity index (χ2v) is 8.23. The lowest BCUT2D eigenvalue weighted by atomic mass is 10.0. The van der Waals surface area contributed by atoms with E-state index in [4.69, 9.17) is 9.47 Å². The summed E-state index contributed by atoms with van der Waals surface area (Å²) in [6.45, 7) is 8.38. The number of benzene rings is 1. The van der Waals surface area contributed by atoms with E-state index in [2.05, 4.69) is 4.90 Å². The number of hydrogen-bond acceptors (Lipinski definition) is 5. The van der Waals surface area contributed by atoms with Crippen LogP contribution < -0.4 is 9.64 Å². The number of fused-ring (bicyclic) bond motifs is 1. The molecule has 2 heterocycles. The maximum absolute atomic E-state index is 13.0. The van der Waals surface area contributed by atoms with Crippen LogP contribution in [0.15, 0.2) is 18.2 Å². The number of aryl methyl sites for hydroxylation is 1. The average molecular weight is 404 g/mol. The highest BCUT2D eigenvalue weighted by Crippen LogP contribution is 2.30. The Morgan fingerprint density at radius 3 is 2.66 bits per heavy atom. The van der Waals surface area contributed by atoms with Gasteiger partial charge in [0.2, 0.25) is 5.91 Å². The summed E-state index contributed by atoms with van der Waals surface area (Å²) in [7, 11) is 1.66. The largest absolute Gasteiger partial charge is 0.497 e. The highest BCUT2D eigenvalue weighted by molar-refractivity contribution is 5.96. The minimum atomic E-state index is -0.245. The molecule has 0 bridgehead atoms. The third-order valence-corrected chi connectivity index (χ3v) is 5.45. The fourth-order valence-corrected chi connectivity index (χ4v) is 3.88. The molecule has 1 fully saturated rings. The van der Waals surface area contributed by atoms with Gasteiger partial charge in [0.15, 0.2) is 0 Å². The van der Waals surface area contributed by atoms with Crippen LogP contribution in [0, 0.1) is 5.92 Å². The van der Waals surface area contributed by atoms with Crippen molar-refractivity contribution in [3.05, 3.63) is 23.8 Å². The molecule has 0 unspecified atom stereocenters. The second-order valence-electron chi connectivity index (χ2n) is 8.23. The Morgan fingerprint density at radius 1 is 1.07 bits per heavy atom. The lowest BCUT2D eigenvalue weighted by Gasteiger charge is -2.31. The molecule has 2 aliphatic heterocycles. The van der Waals surface area contributed by atoms with Crippen molar-refractivity contribution < 1.29 is 19.1 Å². The normalized spacial score (nSPS) is 17.7. The fourth-order valence-electron chi connectivity index (χ4n) is 3.88. The summed E-state index contributed by atoms with van der Waals surface area (Å²) in [4.78, 5) is 31.1. The van der Waals surface area contributed by atoms with Crippen LogP contribution in [0.1, 0.15) is 32.3 Å². The van der Waals surface area contributed by atoms with Crippen molar-refractivity contribution in [3.63, 3.8) is 0 Å². The second kappa shape index (κ2) is 9.96. The Kier molecular flexibility index (Phi) is 7.36. The van der Waals surface area contributed by atoms with Crippen LogP contribution in [0.2, 0.25) is 0 Å². The molecular formula is C22H33N3O4. The predicted molar refractivity (Wildman–Crippen MR) is 112 cm³/mol. The smallest absolute Gasteiger partial charge is 0.409 e. The maximum Gasteiger partial charge on any atom is 0.409 e. The number of ether oxygens (including phenoxy) is 2. The van der Waals surface area contributed by atoms with Gasteiger partial charge < -0.3 is 19.3 Å². The minimum absolute atomic E-state index is 0.118. The van der Waals surface area contributed by atoms with E-state index in [1.54, 1.807) is 12.0 Å². The first kappa shape index (κ1) is 21.4. The quantitative estimate of drug-likeness (QED) is 0.757. The van der Waals surface area contributed by atoms with E-state index in [9.17, 15) is 9.59 Å². The third kappa shape index (κ3) is 5.63. The lowest BCUT2D eigenvalue weighted by molar-refractivity contribution is -0.119. The van der Waals surface area contributed by atoms with Crippen LogP contribution in [0.5, 0.6) is 5.75 Å². The Labute approximate surface area is 173 Å². The van der Waals surface area contributed by atoms with Crippen molar-refractivity contribution >= 4 is 17.7 Å². The zero-order chi connectivity index (χ0) is 20.8. The zero-order valence-corrected chi connectivity index (χ0v) is 17.9. The van der Waals surface area contributed by atoms with E-state index >= 15 is 0 Å². The molecule has 3 rings (SSSR count). The van der Waals surface area contributed by atoms with Gasteiger partial charge in [0.1, 0.15) is 5.75 Å². The molecule has 0 saturated carbocycles. The Bertz CT molecular complexity index is 722. The van der Waals surface area contributed by atoms with Gasteiger partial charge in [-0.1, -0.05) is 13.8 Å². The number of rotatable bonds is 5. The van der Waals surface area contributed by atoms with Crippen LogP contribution in [0.4, 0.5) is 10.5 Å². The topological polar surface area (TPSA) is 62.3 Å². The highest BCUT2D eigenvalue weighted by atomic mass is 16.6. The first-order valence-corrected chi connectivity index (χ1v) is 10.6. The van der Waals surface area contributed by atoms with E-state index in [0.29, 0.717) is 38.7 Å². The van der Waals surface area contributed by atoms with Crippen molar-refractivity contribution in [1.29, 1.82) is 0 Å². The van der Waals surface area contributed by atoms with Crippen LogP contribution in [0.3, 0.4) is 0 Å². The third-order valence-electron chi connectivity index (χ3n) is 5.45. The summed E-state index contributed by atoms with van der Waals surface area (Å²) in [6.07, 6.45) is 2.53. The van der Waals surface area contributed by atoms with Crippen molar-refractivity contribution in [3.8, 4) is 5.75 Å². The summed E-state index contributed by atoms with van der Waals surface area (Å²) < 4.78 is 10.7. The van der Waals surface area contributed by atoms with Crippen molar-refractivity contribution in [2.45, 2.75) is 33.1 Å². The molecule has 2 amide bonds. The molecule has 7 nitrogen and oxygen atoms in total. The van der Waals surface area contributed by atoms with Crippen LogP contribution in [-0.4, -0.2) is 74.8 Å². The first-order chi connectivity index (χ1) is 14.0. The molecule has 1 aromatic rings. The van der Waals surface area contributed by atoms with E-state index in [1.165, 1.54) is 5.56 Å². The molecule has 29 heavy (non-hydrogen) atoms. The molecule has 0 radical (unpaired) electrons. The molecule has 160 valence electrons. The zero-order valence-electron chi connectivity index (χ0n) is 17.9. The lowest BCUT2D eigenvalue weighted by Crippen LogP contribution is -2.44. The number of carbonyl (C=O) groups is 2. The standard InChI is InChI=1S/C22H33N3O4/c1-17(2)16-29-22(27)24-10-5-9-23(12-13-24)15-21(26)25-11-4-6-18-14-19(28-3)7-8-20(18)25/h7-8,14,17H,4-6,9-13,15-16H2,1-3H3. The predicted octanol–water partition coefficient (Wildman–Crippen LogP) is 2.77. The van der Waals surface area contributed by atoms with Crippen LogP contribution >= 0.6 is 0 Å². The number of carbonyl (C=O) groups excluding carboxylic acids is 2. The Balaban J connectivity index is 1.56. The summed E-state index contributed by atoms with van der Waals surface area (Å²) in [5, 5.41) is 0. The van der Waals surface area contributed by atoms with Crippen LogP contribution in [-0.2, 0) is 16.0 Å². The minimum Gasteiger partial charge on any atom is -0.497 e. The van der Waals surface area contributed by atoms with Gasteiger partial charge in [-0.3, -0.25) is 9.69 Å². The van der Waals surface area contributed by atoms with E-state index < -0.39 is 0 Å². The van der Waals surface area contributed by atoms with Gasteiger partial charge in [-0.25, -0.2) is 4.79 Å². The van der Waals surface area contributed by atoms with Gasteiger partial charge in [0.25, 0.3) is 0 Å². The van der Waals surface area contributed by atoms with Gasteiger partial charge in [0.05, 0.1) is 20.3 Å². The number of nitrogens with zero attached hydrogens (tertiary/aromatic N) is 3. The SMILES string of the molecule is COc1ccc2c(c1)CCCN2C(=O)CN1CCCN(C(=O)OCC(C)C)CC1. The molecule has 7 heteroatoms. The molecular weight excluding hydrogens is 370 g/mol. The Morgan fingerprint density at radius 2 is 1.90 bits per heavy atom. The number of methoxy groups -OCH3 is 1. The highest BCUT2D eigenvalue weighted by Gasteiger charge is 2.26. The van der Waals surface area contributed by atoms with Gasteiger partial charge >= 0.3 is 6.09 Å². The van der Waals surface area contributed by atoms with E-state index in [1.807, 2.05) is 36.9 Å². The fraction of sp³-hybridized carbons (Fsp3) is 0.636. The molecule has 1 saturated heterocycles. The van der Waals surface area contributed by atoms with Gasteiger partial charge in [-0.05, 0) is 48.9 Å². The molecule has 0 N–H and O–H groups in total. The summed E-state index contributed by atoms with van der Waals surface area (Å²) in [5.74, 6) is 1.27. The Hall–Kier alpha value is -2.28. The van der Waals surface area contributed by atoms with Crippen molar-refractivity contribution in [1.82, 2.24) is 9.80 Å². The molecule has 0 spiro atoms. The number of anilines is 1. The average Bonchev–Trinajstić information content (AvgIpc) is 2.96. The molecule has 0 aliphatic carbocycles. The molecule has 2 aliphatic rings. The maximum atomic E-state index is 13.0. The van der Waals surface area contributed by atoms with Crippen molar-refractivity contribution in [2.24, 2.45) is 5.92 Å². The summed E-state index contributed by atoms with van der Waals surface area (Å²) >= 11 is 0. The summed E-state index contributed by atoms with van der Waals surface area (Å²) in [5.41, 5.74) is 2.16. The summed E-state index contributed by atoms with van der Waals surface area (Å²) in [6, 6.07) is 5.93.